The third-order valence-corrected chi connectivity index (χ3v) is 3.65. The standard InChI is InChI=1S/C15H22N2O2.ClH/c1-10-3-4-11(2)12(7-10)8-15(19)17-13-5-6-16-9-14(13)18;/h3-4,7,13-14,16,18H,5-6,8-9H2,1-2H3,(H,17,19);1H/t13-,14-;/m1./s1. The van der Waals surface area contributed by atoms with E-state index in [0.29, 0.717) is 13.0 Å². The fourth-order valence-electron chi connectivity index (χ4n) is 2.43. The summed E-state index contributed by atoms with van der Waals surface area (Å²) in [6.45, 7) is 5.43. The Morgan fingerprint density at radius 2 is 2.20 bits per heavy atom. The van der Waals surface area contributed by atoms with Crippen molar-refractivity contribution in [3.63, 3.8) is 0 Å². The number of aryl methyl sites for hydroxylation is 2. The van der Waals surface area contributed by atoms with Crippen molar-refractivity contribution in [2.24, 2.45) is 0 Å². The number of amides is 1. The van der Waals surface area contributed by atoms with E-state index in [1.165, 1.54) is 0 Å². The number of aliphatic hydroxyl groups is 1. The lowest BCUT2D eigenvalue weighted by atomic mass is 10.0. The van der Waals surface area contributed by atoms with Gasteiger partial charge in [0, 0.05) is 6.54 Å². The third-order valence-electron chi connectivity index (χ3n) is 3.65. The van der Waals surface area contributed by atoms with E-state index in [0.717, 1.165) is 29.7 Å². The molecule has 0 spiro atoms. The summed E-state index contributed by atoms with van der Waals surface area (Å²) in [5.41, 5.74) is 3.35. The van der Waals surface area contributed by atoms with Gasteiger partial charge in [0.25, 0.3) is 0 Å². The average molecular weight is 299 g/mol. The maximum absolute atomic E-state index is 12.0. The normalized spacial score (nSPS) is 21.9. The second-order valence-corrected chi connectivity index (χ2v) is 5.34. The van der Waals surface area contributed by atoms with Gasteiger partial charge in [0.1, 0.15) is 0 Å². The molecule has 0 bridgehead atoms. The summed E-state index contributed by atoms with van der Waals surface area (Å²) in [6, 6.07) is 6.01. The van der Waals surface area contributed by atoms with Gasteiger partial charge in [0.05, 0.1) is 18.6 Å². The second-order valence-electron chi connectivity index (χ2n) is 5.34. The van der Waals surface area contributed by atoms with Crippen LogP contribution in [0.3, 0.4) is 0 Å². The zero-order valence-corrected chi connectivity index (χ0v) is 12.8. The molecule has 1 aliphatic heterocycles. The van der Waals surface area contributed by atoms with E-state index in [9.17, 15) is 9.90 Å². The maximum Gasteiger partial charge on any atom is 0.224 e. The Balaban J connectivity index is 0.00000200. The number of hydrogen-bond acceptors (Lipinski definition) is 3. The van der Waals surface area contributed by atoms with E-state index in [4.69, 9.17) is 0 Å². The molecule has 1 heterocycles. The highest BCUT2D eigenvalue weighted by Gasteiger charge is 2.24. The molecule has 1 aromatic rings. The molecule has 1 aliphatic rings. The number of carbonyl (C=O) groups is 1. The van der Waals surface area contributed by atoms with Crippen molar-refractivity contribution in [1.82, 2.24) is 10.6 Å². The highest BCUT2D eigenvalue weighted by atomic mass is 35.5. The molecule has 0 aromatic heterocycles. The van der Waals surface area contributed by atoms with Crippen LogP contribution in [-0.4, -0.2) is 36.2 Å². The van der Waals surface area contributed by atoms with Gasteiger partial charge in [-0.15, -0.1) is 12.4 Å². The molecule has 0 radical (unpaired) electrons. The van der Waals surface area contributed by atoms with Gasteiger partial charge in [-0.3, -0.25) is 4.79 Å². The third kappa shape index (κ3) is 4.47. The lowest BCUT2D eigenvalue weighted by Gasteiger charge is -2.29. The monoisotopic (exact) mass is 298 g/mol. The first-order valence-corrected chi connectivity index (χ1v) is 6.80. The summed E-state index contributed by atoms with van der Waals surface area (Å²) < 4.78 is 0. The van der Waals surface area contributed by atoms with E-state index in [2.05, 4.69) is 10.6 Å². The summed E-state index contributed by atoms with van der Waals surface area (Å²) in [5.74, 6) is -0.0142. The van der Waals surface area contributed by atoms with Crippen LogP contribution in [-0.2, 0) is 11.2 Å². The first-order chi connectivity index (χ1) is 9.06. The smallest absolute Gasteiger partial charge is 0.224 e. The van der Waals surface area contributed by atoms with E-state index < -0.39 is 6.10 Å². The molecule has 2 rings (SSSR count). The zero-order chi connectivity index (χ0) is 13.8. The van der Waals surface area contributed by atoms with Gasteiger partial charge in [-0.05, 0) is 37.9 Å². The Hall–Kier alpha value is -1.10. The number of aliphatic hydroxyl groups excluding tert-OH is 1. The molecule has 1 amide bonds. The van der Waals surface area contributed by atoms with Crippen molar-refractivity contribution in [1.29, 1.82) is 0 Å². The van der Waals surface area contributed by atoms with Gasteiger partial charge < -0.3 is 15.7 Å². The first-order valence-electron chi connectivity index (χ1n) is 6.80. The fourth-order valence-corrected chi connectivity index (χ4v) is 2.43. The number of β-amino-alcohol motifs (C(OH)–C–C–N with tert-alkyl or cyclic N) is 1. The summed E-state index contributed by atoms with van der Waals surface area (Å²) >= 11 is 0. The SMILES string of the molecule is Cc1ccc(C)c(CC(=O)N[C@@H]2CCNC[C@H]2O)c1.Cl. The molecule has 0 aliphatic carbocycles. The van der Waals surface area contributed by atoms with Gasteiger partial charge in [-0.1, -0.05) is 23.8 Å². The summed E-state index contributed by atoms with van der Waals surface area (Å²) in [7, 11) is 0. The van der Waals surface area contributed by atoms with Crippen LogP contribution in [0.1, 0.15) is 23.1 Å². The zero-order valence-electron chi connectivity index (χ0n) is 12.0. The highest BCUT2D eigenvalue weighted by Crippen LogP contribution is 2.12. The topological polar surface area (TPSA) is 61.4 Å². The molecule has 0 saturated carbocycles. The Morgan fingerprint density at radius 1 is 1.45 bits per heavy atom. The van der Waals surface area contributed by atoms with Gasteiger partial charge in [0.2, 0.25) is 5.91 Å². The van der Waals surface area contributed by atoms with Crippen LogP contribution < -0.4 is 10.6 Å². The number of halogens is 1. The lowest BCUT2D eigenvalue weighted by Crippen LogP contribution is -2.53. The van der Waals surface area contributed by atoms with Crippen molar-refractivity contribution in [3.8, 4) is 0 Å². The van der Waals surface area contributed by atoms with Crippen LogP contribution in [0, 0.1) is 13.8 Å². The van der Waals surface area contributed by atoms with Crippen molar-refractivity contribution in [3.05, 3.63) is 34.9 Å². The van der Waals surface area contributed by atoms with Gasteiger partial charge in [-0.25, -0.2) is 0 Å². The predicted molar refractivity (Wildman–Crippen MR) is 82.3 cm³/mol. The van der Waals surface area contributed by atoms with Crippen LogP contribution in [0.5, 0.6) is 0 Å². The number of nitrogens with one attached hydrogen (secondary N) is 2. The van der Waals surface area contributed by atoms with Gasteiger partial charge in [-0.2, -0.15) is 0 Å². The Bertz CT molecular complexity index is 465. The molecule has 1 aromatic carbocycles. The van der Waals surface area contributed by atoms with Crippen LogP contribution in [0.4, 0.5) is 0 Å². The van der Waals surface area contributed by atoms with E-state index >= 15 is 0 Å². The molecular weight excluding hydrogens is 276 g/mol. The number of benzene rings is 1. The van der Waals surface area contributed by atoms with Crippen LogP contribution >= 0.6 is 12.4 Å². The summed E-state index contributed by atoms with van der Waals surface area (Å²) in [5, 5.41) is 15.8. The molecule has 0 unspecified atom stereocenters. The van der Waals surface area contributed by atoms with Crippen molar-refractivity contribution >= 4 is 18.3 Å². The average Bonchev–Trinajstić information content (AvgIpc) is 2.37. The van der Waals surface area contributed by atoms with E-state index in [1.807, 2.05) is 32.0 Å². The summed E-state index contributed by atoms with van der Waals surface area (Å²) in [6.07, 6.45) is 0.667. The minimum atomic E-state index is -0.490. The molecule has 1 saturated heterocycles. The number of hydrogen-bond donors (Lipinski definition) is 3. The number of carbonyl (C=O) groups excluding carboxylic acids is 1. The minimum Gasteiger partial charge on any atom is -0.390 e. The first kappa shape index (κ1) is 17.0. The maximum atomic E-state index is 12.0. The Morgan fingerprint density at radius 3 is 2.90 bits per heavy atom. The molecular formula is C15H23ClN2O2. The molecule has 3 N–H and O–H groups in total. The molecule has 4 nitrogen and oxygen atoms in total. The fraction of sp³-hybridized carbons (Fsp3) is 0.533. The van der Waals surface area contributed by atoms with Crippen molar-refractivity contribution < 1.29 is 9.90 Å². The Labute approximate surface area is 126 Å². The highest BCUT2D eigenvalue weighted by molar-refractivity contribution is 5.85. The van der Waals surface area contributed by atoms with Gasteiger partial charge >= 0.3 is 0 Å². The molecule has 1 fully saturated rings. The Kier molecular flexibility index (Phi) is 6.46. The minimum absolute atomic E-state index is 0. The molecule has 5 heteroatoms. The van der Waals surface area contributed by atoms with E-state index in [1.54, 1.807) is 0 Å². The van der Waals surface area contributed by atoms with Crippen molar-refractivity contribution in [2.75, 3.05) is 13.1 Å². The van der Waals surface area contributed by atoms with Crippen LogP contribution in [0.25, 0.3) is 0 Å². The molecule has 2 atom stereocenters. The predicted octanol–water partition coefficient (Wildman–Crippen LogP) is 1.11. The van der Waals surface area contributed by atoms with Gasteiger partial charge in [0.15, 0.2) is 0 Å². The van der Waals surface area contributed by atoms with E-state index in [-0.39, 0.29) is 24.4 Å². The largest absolute Gasteiger partial charge is 0.390 e. The number of piperidine rings is 1. The lowest BCUT2D eigenvalue weighted by molar-refractivity contribution is -0.122. The second kappa shape index (κ2) is 7.62. The van der Waals surface area contributed by atoms with Crippen LogP contribution in [0.15, 0.2) is 18.2 Å². The summed E-state index contributed by atoms with van der Waals surface area (Å²) in [4.78, 5) is 12.0. The quantitative estimate of drug-likeness (QED) is 0.783. The molecule has 112 valence electrons. The molecule has 20 heavy (non-hydrogen) atoms. The van der Waals surface area contributed by atoms with Crippen molar-refractivity contribution in [2.45, 2.75) is 38.8 Å². The van der Waals surface area contributed by atoms with Crippen LogP contribution in [0.2, 0.25) is 0 Å². The number of rotatable bonds is 3.